The summed E-state index contributed by atoms with van der Waals surface area (Å²) in [4.78, 5) is 25.1. The van der Waals surface area contributed by atoms with Gasteiger partial charge in [-0.2, -0.15) is 0 Å². The molecule has 2 heterocycles. The molecule has 1 unspecified atom stereocenters. The van der Waals surface area contributed by atoms with Crippen LogP contribution in [0.2, 0.25) is 0 Å². The highest BCUT2D eigenvalue weighted by Crippen LogP contribution is 2.34. The van der Waals surface area contributed by atoms with Crippen molar-refractivity contribution >= 4 is 17.5 Å². The second-order valence-corrected chi connectivity index (χ2v) is 8.16. The van der Waals surface area contributed by atoms with Crippen LogP contribution in [0.4, 0.5) is 10.1 Å². The van der Waals surface area contributed by atoms with Gasteiger partial charge in [0.25, 0.3) is 11.8 Å². The van der Waals surface area contributed by atoms with Crippen LogP contribution < -0.4 is 10.6 Å². The SMILES string of the molecule is O=C(NCC1(c2cccc(F)c2)CCOCC1)c1cccc(NC(=O)C2CCCO2)c1. The molecule has 2 aromatic rings. The molecule has 0 radical (unpaired) electrons. The number of amides is 2. The summed E-state index contributed by atoms with van der Waals surface area (Å²) >= 11 is 0. The number of carbonyl (C=O) groups excluding carboxylic acids is 2. The lowest BCUT2D eigenvalue weighted by atomic mass is 9.74. The zero-order chi connectivity index (χ0) is 21.7. The number of anilines is 1. The van der Waals surface area contributed by atoms with Crippen LogP contribution in [0.1, 0.15) is 41.6 Å². The molecular formula is C24H27FN2O4. The average molecular weight is 426 g/mol. The van der Waals surface area contributed by atoms with E-state index in [4.69, 9.17) is 9.47 Å². The topological polar surface area (TPSA) is 76.7 Å². The summed E-state index contributed by atoms with van der Waals surface area (Å²) in [5.74, 6) is -0.720. The van der Waals surface area contributed by atoms with Gasteiger partial charge in [-0.05, 0) is 61.6 Å². The minimum Gasteiger partial charge on any atom is -0.381 e. The van der Waals surface area contributed by atoms with E-state index in [1.807, 2.05) is 6.07 Å². The Morgan fingerprint density at radius 1 is 1.06 bits per heavy atom. The molecule has 4 rings (SSSR count). The van der Waals surface area contributed by atoms with Gasteiger partial charge >= 0.3 is 0 Å². The number of nitrogens with one attached hydrogen (secondary N) is 2. The highest BCUT2D eigenvalue weighted by atomic mass is 19.1. The largest absolute Gasteiger partial charge is 0.381 e. The summed E-state index contributed by atoms with van der Waals surface area (Å²) < 4.78 is 24.8. The Morgan fingerprint density at radius 2 is 1.87 bits per heavy atom. The number of hydrogen-bond donors (Lipinski definition) is 2. The standard InChI is InChI=1S/C24H27FN2O4/c25-19-6-2-5-18(15-19)24(9-12-30-13-10-24)16-26-22(28)17-4-1-7-20(14-17)27-23(29)21-8-3-11-31-21/h1-2,4-7,14-15,21H,3,8-13,16H2,(H,26,28)(H,27,29). The second-order valence-electron chi connectivity index (χ2n) is 8.16. The average Bonchev–Trinajstić information content (AvgIpc) is 3.34. The predicted molar refractivity (Wildman–Crippen MR) is 115 cm³/mol. The first-order valence-corrected chi connectivity index (χ1v) is 10.7. The van der Waals surface area contributed by atoms with Crippen LogP contribution in [0.5, 0.6) is 0 Å². The van der Waals surface area contributed by atoms with E-state index in [9.17, 15) is 14.0 Å². The van der Waals surface area contributed by atoms with Gasteiger partial charge < -0.3 is 20.1 Å². The van der Waals surface area contributed by atoms with Gasteiger partial charge in [0, 0.05) is 43.0 Å². The normalized spacial score (nSPS) is 20.2. The number of hydrogen-bond acceptors (Lipinski definition) is 4. The number of ether oxygens (including phenoxy) is 2. The Kier molecular flexibility index (Phi) is 6.63. The molecule has 31 heavy (non-hydrogen) atoms. The van der Waals surface area contributed by atoms with Gasteiger partial charge in [-0.1, -0.05) is 18.2 Å². The molecule has 164 valence electrons. The van der Waals surface area contributed by atoms with E-state index in [1.165, 1.54) is 6.07 Å². The number of rotatable bonds is 6. The smallest absolute Gasteiger partial charge is 0.253 e. The zero-order valence-corrected chi connectivity index (χ0v) is 17.4. The van der Waals surface area contributed by atoms with Crippen molar-refractivity contribution in [1.82, 2.24) is 5.32 Å². The van der Waals surface area contributed by atoms with E-state index in [1.54, 1.807) is 36.4 Å². The summed E-state index contributed by atoms with van der Waals surface area (Å²) in [6.45, 7) is 2.11. The van der Waals surface area contributed by atoms with E-state index in [0.717, 1.165) is 12.0 Å². The molecule has 2 amide bonds. The van der Waals surface area contributed by atoms with Gasteiger partial charge in [-0.15, -0.1) is 0 Å². The van der Waals surface area contributed by atoms with E-state index >= 15 is 0 Å². The van der Waals surface area contributed by atoms with Crippen molar-refractivity contribution in [3.05, 3.63) is 65.5 Å². The lowest BCUT2D eigenvalue weighted by Crippen LogP contribution is -2.44. The molecule has 2 fully saturated rings. The Labute approximate surface area is 181 Å². The molecule has 2 aliphatic rings. The Balaban J connectivity index is 1.44. The first kappa shape index (κ1) is 21.5. The molecule has 0 spiro atoms. The van der Waals surface area contributed by atoms with E-state index in [0.29, 0.717) is 56.9 Å². The number of carbonyl (C=O) groups is 2. The molecule has 1 atom stereocenters. The van der Waals surface area contributed by atoms with Crippen LogP contribution in [-0.4, -0.2) is 44.3 Å². The van der Waals surface area contributed by atoms with Crippen molar-refractivity contribution in [2.24, 2.45) is 0 Å². The summed E-state index contributed by atoms with van der Waals surface area (Å²) in [6, 6.07) is 13.4. The molecule has 7 heteroatoms. The van der Waals surface area contributed by atoms with Crippen molar-refractivity contribution < 1.29 is 23.5 Å². The third-order valence-corrected chi connectivity index (χ3v) is 6.09. The van der Waals surface area contributed by atoms with Gasteiger partial charge in [0.1, 0.15) is 11.9 Å². The van der Waals surface area contributed by atoms with E-state index < -0.39 is 6.10 Å². The first-order valence-electron chi connectivity index (χ1n) is 10.7. The zero-order valence-electron chi connectivity index (χ0n) is 17.4. The monoisotopic (exact) mass is 426 g/mol. The quantitative estimate of drug-likeness (QED) is 0.742. The van der Waals surface area contributed by atoms with E-state index in [2.05, 4.69) is 10.6 Å². The van der Waals surface area contributed by atoms with E-state index in [-0.39, 0.29) is 23.0 Å². The highest BCUT2D eigenvalue weighted by Gasteiger charge is 2.35. The van der Waals surface area contributed by atoms with Gasteiger partial charge in [-0.3, -0.25) is 9.59 Å². The van der Waals surface area contributed by atoms with Gasteiger partial charge in [0.15, 0.2) is 0 Å². The van der Waals surface area contributed by atoms with Crippen molar-refractivity contribution in [3.63, 3.8) is 0 Å². The van der Waals surface area contributed by atoms with Crippen LogP contribution >= 0.6 is 0 Å². The molecule has 2 saturated heterocycles. The molecule has 0 bridgehead atoms. The molecule has 0 aromatic heterocycles. The Bertz CT molecular complexity index is 937. The minimum atomic E-state index is -0.433. The minimum absolute atomic E-state index is 0.192. The van der Waals surface area contributed by atoms with Gasteiger partial charge in [0.2, 0.25) is 0 Å². The maximum absolute atomic E-state index is 13.9. The maximum Gasteiger partial charge on any atom is 0.253 e. The molecule has 2 N–H and O–H groups in total. The number of halogens is 1. The molecule has 2 aromatic carbocycles. The first-order chi connectivity index (χ1) is 15.1. The molecule has 0 saturated carbocycles. The third-order valence-electron chi connectivity index (χ3n) is 6.09. The number of benzene rings is 2. The van der Waals surface area contributed by atoms with Gasteiger partial charge in [0.05, 0.1) is 0 Å². The lowest BCUT2D eigenvalue weighted by molar-refractivity contribution is -0.124. The molecule has 6 nitrogen and oxygen atoms in total. The Morgan fingerprint density at radius 3 is 2.61 bits per heavy atom. The fourth-order valence-corrected chi connectivity index (χ4v) is 4.24. The molecule has 2 aliphatic heterocycles. The van der Waals surface area contributed by atoms with Crippen LogP contribution in [0.3, 0.4) is 0 Å². The summed E-state index contributed by atoms with van der Waals surface area (Å²) in [5.41, 5.74) is 1.50. The summed E-state index contributed by atoms with van der Waals surface area (Å²) in [5, 5.41) is 5.83. The fraction of sp³-hybridized carbons (Fsp3) is 0.417. The third kappa shape index (κ3) is 5.11. The highest BCUT2D eigenvalue weighted by molar-refractivity contribution is 5.98. The molecule has 0 aliphatic carbocycles. The Hall–Kier alpha value is -2.77. The second kappa shape index (κ2) is 9.58. The maximum atomic E-state index is 13.9. The van der Waals surface area contributed by atoms with Crippen LogP contribution in [0.15, 0.2) is 48.5 Å². The van der Waals surface area contributed by atoms with Crippen LogP contribution in [0.25, 0.3) is 0 Å². The van der Waals surface area contributed by atoms with Crippen molar-refractivity contribution in [2.75, 3.05) is 31.7 Å². The summed E-state index contributed by atoms with van der Waals surface area (Å²) in [6.07, 6.45) is 2.55. The fourth-order valence-electron chi connectivity index (χ4n) is 4.24. The van der Waals surface area contributed by atoms with Gasteiger partial charge in [-0.25, -0.2) is 4.39 Å². The molecular weight excluding hydrogens is 399 g/mol. The lowest BCUT2D eigenvalue weighted by Gasteiger charge is -2.38. The van der Waals surface area contributed by atoms with Crippen molar-refractivity contribution in [2.45, 2.75) is 37.2 Å². The predicted octanol–water partition coefficient (Wildman–Crippen LogP) is 3.42. The van der Waals surface area contributed by atoms with Crippen molar-refractivity contribution in [1.29, 1.82) is 0 Å². The summed E-state index contributed by atoms with van der Waals surface area (Å²) in [7, 11) is 0. The van der Waals surface area contributed by atoms with Crippen molar-refractivity contribution in [3.8, 4) is 0 Å². The van der Waals surface area contributed by atoms with Crippen LogP contribution in [0, 0.1) is 5.82 Å². The van der Waals surface area contributed by atoms with Crippen LogP contribution in [-0.2, 0) is 19.7 Å².